The topological polar surface area (TPSA) is 59.1 Å². The van der Waals surface area contributed by atoms with Crippen LogP contribution in [0.1, 0.15) is 70.6 Å². The van der Waals surface area contributed by atoms with E-state index in [-0.39, 0.29) is 0 Å². The van der Waals surface area contributed by atoms with Gasteiger partial charge in [0.15, 0.2) is 5.41 Å². The maximum atomic E-state index is 12.9. The van der Waals surface area contributed by atoms with E-state index in [2.05, 4.69) is 0 Å². The molecule has 136 valence electrons. The van der Waals surface area contributed by atoms with Gasteiger partial charge in [0.1, 0.15) is 0 Å². The van der Waals surface area contributed by atoms with E-state index in [9.17, 15) is 9.59 Å². The summed E-state index contributed by atoms with van der Waals surface area (Å²) in [5.41, 5.74) is -1.10. The van der Waals surface area contributed by atoms with E-state index < -0.39 is 17.4 Å². The van der Waals surface area contributed by atoms with Crippen molar-refractivity contribution in [1.82, 2.24) is 10.1 Å². The molecule has 3 rings (SSSR count). The van der Waals surface area contributed by atoms with Gasteiger partial charge < -0.3 is 9.68 Å². The van der Waals surface area contributed by atoms with Crippen LogP contribution in [0.15, 0.2) is 0 Å². The van der Waals surface area contributed by atoms with E-state index in [0.29, 0.717) is 12.8 Å². The van der Waals surface area contributed by atoms with Crippen LogP contribution in [-0.4, -0.2) is 48.2 Å². The molecule has 0 aromatic rings. The van der Waals surface area contributed by atoms with E-state index in [0.717, 1.165) is 71.1 Å². The average molecular weight is 338 g/mol. The summed E-state index contributed by atoms with van der Waals surface area (Å²) in [4.78, 5) is 37.0. The predicted molar refractivity (Wildman–Crippen MR) is 88.6 cm³/mol. The molecule has 24 heavy (non-hydrogen) atoms. The minimum absolute atomic E-state index is 0.397. The van der Waals surface area contributed by atoms with Crippen molar-refractivity contribution in [2.75, 3.05) is 26.2 Å². The predicted octanol–water partition coefficient (Wildman–Crippen LogP) is 2.83. The standard InChI is InChI=1S/C18H30N2O4/c21-16(23-19-12-6-2-7-13-19)18(10-4-1-5-11-18)17(22)24-20-14-8-3-9-15-20/h1-15H2. The lowest BCUT2D eigenvalue weighted by Crippen LogP contribution is -2.49. The van der Waals surface area contributed by atoms with Gasteiger partial charge in [-0.1, -0.05) is 32.1 Å². The second kappa shape index (κ2) is 8.30. The van der Waals surface area contributed by atoms with Gasteiger partial charge in [0, 0.05) is 26.2 Å². The molecule has 0 aromatic heterocycles. The molecule has 0 atom stereocenters. The van der Waals surface area contributed by atoms with Crippen LogP contribution in [-0.2, 0) is 19.3 Å². The first-order valence-electron chi connectivity index (χ1n) is 9.65. The molecule has 0 N–H and O–H groups in total. The molecule has 0 spiro atoms. The van der Waals surface area contributed by atoms with E-state index in [1.807, 2.05) is 0 Å². The summed E-state index contributed by atoms with van der Waals surface area (Å²) in [6.07, 6.45) is 10.4. The number of hydrogen-bond donors (Lipinski definition) is 0. The minimum Gasteiger partial charge on any atom is -0.367 e. The molecule has 6 nitrogen and oxygen atoms in total. The van der Waals surface area contributed by atoms with Gasteiger partial charge in [-0.2, -0.15) is 0 Å². The molecule has 2 heterocycles. The third-order valence-electron chi connectivity index (χ3n) is 5.54. The van der Waals surface area contributed by atoms with Gasteiger partial charge >= 0.3 is 11.9 Å². The Morgan fingerprint density at radius 3 is 1.38 bits per heavy atom. The first kappa shape index (κ1) is 17.7. The SMILES string of the molecule is O=C(ON1CCCCC1)C1(C(=O)ON2CCCCC2)CCCCC1. The van der Waals surface area contributed by atoms with Gasteiger partial charge in [0.05, 0.1) is 0 Å². The van der Waals surface area contributed by atoms with Gasteiger partial charge in [-0.3, -0.25) is 0 Å². The molecule has 3 aliphatic rings. The summed E-state index contributed by atoms with van der Waals surface area (Å²) in [6.45, 7) is 3.07. The van der Waals surface area contributed by atoms with Crippen molar-refractivity contribution in [2.24, 2.45) is 5.41 Å². The summed E-state index contributed by atoms with van der Waals surface area (Å²) < 4.78 is 0. The minimum atomic E-state index is -1.10. The summed E-state index contributed by atoms with van der Waals surface area (Å²) in [7, 11) is 0. The lowest BCUT2D eigenvalue weighted by Gasteiger charge is -2.36. The smallest absolute Gasteiger partial charge is 0.342 e. The fraction of sp³-hybridized carbons (Fsp3) is 0.889. The number of piperidine rings is 2. The number of hydrogen-bond acceptors (Lipinski definition) is 6. The first-order chi connectivity index (χ1) is 11.7. The molecule has 2 saturated heterocycles. The fourth-order valence-corrected chi connectivity index (χ4v) is 3.97. The molecule has 0 amide bonds. The van der Waals surface area contributed by atoms with Crippen LogP contribution < -0.4 is 0 Å². The number of carbonyl (C=O) groups is 2. The van der Waals surface area contributed by atoms with Crippen LogP contribution in [0, 0.1) is 5.41 Å². The number of carbonyl (C=O) groups excluding carboxylic acids is 2. The monoisotopic (exact) mass is 338 g/mol. The lowest BCUT2D eigenvalue weighted by atomic mass is 9.74. The number of hydroxylamine groups is 4. The molecule has 3 fully saturated rings. The summed E-state index contributed by atoms with van der Waals surface area (Å²) in [5.74, 6) is -0.794. The molecule has 0 aromatic carbocycles. The highest BCUT2D eigenvalue weighted by Gasteiger charge is 2.51. The van der Waals surface area contributed by atoms with Gasteiger partial charge in [-0.05, 0) is 38.5 Å². The normalized spacial score (nSPS) is 25.8. The van der Waals surface area contributed by atoms with Crippen molar-refractivity contribution < 1.29 is 19.3 Å². The molecule has 2 aliphatic heterocycles. The van der Waals surface area contributed by atoms with Crippen LogP contribution in [0.4, 0.5) is 0 Å². The molecule has 0 bridgehead atoms. The van der Waals surface area contributed by atoms with Crippen molar-refractivity contribution in [3.05, 3.63) is 0 Å². The Labute approximate surface area is 144 Å². The quantitative estimate of drug-likeness (QED) is 0.735. The third-order valence-corrected chi connectivity index (χ3v) is 5.54. The molecular formula is C18H30N2O4. The first-order valence-corrected chi connectivity index (χ1v) is 9.65. The van der Waals surface area contributed by atoms with Gasteiger partial charge in [-0.25, -0.2) is 9.59 Å². The Kier molecular flexibility index (Phi) is 6.11. The second-order valence-corrected chi connectivity index (χ2v) is 7.38. The maximum absolute atomic E-state index is 12.9. The van der Waals surface area contributed by atoms with Gasteiger partial charge in [0.25, 0.3) is 0 Å². The van der Waals surface area contributed by atoms with Crippen LogP contribution in [0.5, 0.6) is 0 Å². The highest BCUT2D eigenvalue weighted by molar-refractivity contribution is 6.00. The van der Waals surface area contributed by atoms with E-state index >= 15 is 0 Å². The Morgan fingerprint density at radius 1 is 0.583 bits per heavy atom. The van der Waals surface area contributed by atoms with Crippen molar-refractivity contribution in [3.8, 4) is 0 Å². The summed E-state index contributed by atoms with van der Waals surface area (Å²) in [5, 5.41) is 3.47. The molecule has 1 aliphatic carbocycles. The van der Waals surface area contributed by atoms with Gasteiger partial charge in [0.2, 0.25) is 0 Å². The van der Waals surface area contributed by atoms with Crippen LogP contribution >= 0.6 is 0 Å². The van der Waals surface area contributed by atoms with Crippen molar-refractivity contribution >= 4 is 11.9 Å². The summed E-state index contributed by atoms with van der Waals surface area (Å²) >= 11 is 0. The zero-order valence-corrected chi connectivity index (χ0v) is 14.6. The largest absolute Gasteiger partial charge is 0.367 e. The lowest BCUT2D eigenvalue weighted by molar-refractivity contribution is -0.227. The van der Waals surface area contributed by atoms with Gasteiger partial charge in [-0.15, -0.1) is 10.1 Å². The molecular weight excluding hydrogens is 308 g/mol. The number of rotatable bonds is 4. The summed E-state index contributed by atoms with van der Waals surface area (Å²) in [6, 6.07) is 0. The van der Waals surface area contributed by atoms with Crippen molar-refractivity contribution in [3.63, 3.8) is 0 Å². The third kappa shape index (κ3) is 4.09. The fourth-order valence-electron chi connectivity index (χ4n) is 3.97. The van der Waals surface area contributed by atoms with Crippen molar-refractivity contribution in [2.45, 2.75) is 70.6 Å². The van der Waals surface area contributed by atoms with Crippen LogP contribution in [0.2, 0.25) is 0 Å². The maximum Gasteiger partial charge on any atom is 0.342 e. The Morgan fingerprint density at radius 2 is 0.958 bits per heavy atom. The number of nitrogens with zero attached hydrogens (tertiary/aromatic N) is 2. The Hall–Kier alpha value is -1.14. The zero-order chi connectivity index (χ0) is 16.8. The highest BCUT2D eigenvalue weighted by Crippen LogP contribution is 2.39. The second-order valence-electron chi connectivity index (χ2n) is 7.38. The zero-order valence-electron chi connectivity index (χ0n) is 14.6. The average Bonchev–Trinajstić information content (AvgIpc) is 2.64. The molecule has 0 unspecified atom stereocenters. The van der Waals surface area contributed by atoms with Crippen LogP contribution in [0.3, 0.4) is 0 Å². The van der Waals surface area contributed by atoms with Crippen LogP contribution in [0.25, 0.3) is 0 Å². The van der Waals surface area contributed by atoms with Crippen molar-refractivity contribution in [1.29, 1.82) is 0 Å². The highest BCUT2D eigenvalue weighted by atomic mass is 16.7. The van der Waals surface area contributed by atoms with E-state index in [1.165, 1.54) is 12.8 Å². The van der Waals surface area contributed by atoms with E-state index in [4.69, 9.17) is 9.68 Å². The molecule has 0 radical (unpaired) electrons. The molecule has 1 saturated carbocycles. The molecule has 6 heteroatoms. The Balaban J connectivity index is 1.65. The van der Waals surface area contributed by atoms with E-state index in [1.54, 1.807) is 10.1 Å². The Bertz CT molecular complexity index is 402.